The molecule has 25 nitrogen and oxygen atoms in total. The predicted octanol–water partition coefficient (Wildman–Crippen LogP) is 10.6. The van der Waals surface area contributed by atoms with E-state index in [0.29, 0.717) is 43.4 Å². The summed E-state index contributed by atoms with van der Waals surface area (Å²) < 4.78 is 87.4. The fraction of sp³-hybridized carbons (Fsp3) is 0.833. The maximum Gasteiger partial charge on any atom is 0.308 e. The molecule has 1 aromatic carbocycles. The van der Waals surface area contributed by atoms with Crippen LogP contribution in [0.2, 0.25) is 0 Å². The number of methoxy groups -OCH3 is 2. The standard InChI is InChI=1S/C72H106FNO24/c1-42-16-18-53-45(4)63(88-41-70(53)50(42)27-31-66(8,81-11)93-96-70)90-60(79)24-21-57(76)86-39-69(74-49-15-13-14-48(73)36-49,38-85-56(75)20-23-59(78)89-62-46(5)54-19-17-43(2)52-29-33-68(10)92-55(37-84-62)72(52,54)98-95-68)40-87-58(77)22-25-61(80)91-64-47(6)65(7)30-26-44(3)51-28-32-67(9,82-12)94-97-71(51,65)34-35-83-64/h13-15,36,42-47,50-55,62-64,74H,16-35,37-41H2,1-12H3/t42-,43-,44-,45-,46-,47+,50+,51+,52+,53+,54+,55+,62+,63+,64+,65+,66-,67-,68-,69?,70-,71-,72-/m1/s1. The SMILES string of the molecule is CO[C@@]1(C)CC[C@H]2[C@H](C)CC[C@H]3[C@@H](C)[C@H](OC(=O)CCC(=O)OCC(COC(=O)CCC(=O)O[C@@H]4OC[C@@H]5O[C@@]6(C)CC[C@H]7[C@H](C)CC[C@@H]([C@H]4C)[C@@]57OO6)(COC(=O)CCC(=O)O[C@@H]4OCC[C@@]56OO[C@@](C)(OC)CC[C@H]5[C@H](C)CC[C@@]6(C)[C@H]4C)Nc4cccc(F)c4)OC[C@]32OO1. The second-order valence-electron chi connectivity index (χ2n) is 31.0. The molecule has 8 heterocycles. The minimum Gasteiger partial charge on any atom is -0.463 e. The number of benzene rings is 1. The second-order valence-corrected chi connectivity index (χ2v) is 31.0. The van der Waals surface area contributed by atoms with Gasteiger partial charge in [-0.15, -0.1) is 0 Å². The molecule has 98 heavy (non-hydrogen) atoms. The molecule has 8 aliphatic heterocycles. The van der Waals surface area contributed by atoms with Gasteiger partial charge in [0.2, 0.25) is 18.9 Å². The van der Waals surface area contributed by atoms with Gasteiger partial charge < -0.3 is 62.2 Å². The molecule has 26 heteroatoms. The van der Waals surface area contributed by atoms with Crippen LogP contribution in [0.25, 0.3) is 0 Å². The topological polar surface area (TPSA) is 281 Å². The smallest absolute Gasteiger partial charge is 0.308 e. The lowest BCUT2D eigenvalue weighted by Gasteiger charge is -2.57. The Morgan fingerprint density at radius 2 is 1.06 bits per heavy atom. The molecule has 0 amide bonds. The van der Waals surface area contributed by atoms with Gasteiger partial charge in [-0.1, -0.05) is 54.5 Å². The Labute approximate surface area is 574 Å². The molecule has 2 bridgehead atoms. The first-order chi connectivity index (χ1) is 46.5. The van der Waals surface area contributed by atoms with Crippen LogP contribution in [0.1, 0.15) is 191 Å². The zero-order valence-electron chi connectivity index (χ0n) is 59.3. The fourth-order valence-electron chi connectivity index (χ4n) is 18.5. The Morgan fingerprint density at radius 3 is 1.67 bits per heavy atom. The molecular weight excluding hydrogens is 1280 g/mol. The Morgan fingerprint density at radius 1 is 0.531 bits per heavy atom. The van der Waals surface area contributed by atoms with Gasteiger partial charge >= 0.3 is 35.8 Å². The Kier molecular flexibility index (Phi) is 22.8. The number of hydrogen-bond donors (Lipinski definition) is 1. The highest BCUT2D eigenvalue weighted by atomic mass is 19.1. The molecule has 23 atom stereocenters. The van der Waals surface area contributed by atoms with E-state index < -0.39 is 170 Å². The van der Waals surface area contributed by atoms with Gasteiger partial charge in [0, 0.05) is 80.6 Å². The molecule has 1 unspecified atom stereocenters. The van der Waals surface area contributed by atoms with Gasteiger partial charge in [0.05, 0.1) is 58.3 Å². The Bertz CT molecular complexity index is 3020. The third-order valence-electron chi connectivity index (χ3n) is 24.9. The number of hydrogen-bond acceptors (Lipinski definition) is 25. The summed E-state index contributed by atoms with van der Waals surface area (Å²) in [5.41, 5.74) is -4.72. The van der Waals surface area contributed by atoms with Crippen molar-refractivity contribution in [2.24, 2.45) is 70.5 Å². The van der Waals surface area contributed by atoms with Gasteiger partial charge in [-0.3, -0.25) is 28.8 Å². The van der Waals surface area contributed by atoms with Crippen LogP contribution in [0.4, 0.5) is 10.1 Å². The number of carbonyl (C=O) groups is 6. The van der Waals surface area contributed by atoms with Gasteiger partial charge in [0.15, 0.2) is 17.4 Å². The number of carbonyl (C=O) groups excluding carboxylic acids is 6. The molecule has 3 aliphatic carbocycles. The van der Waals surface area contributed by atoms with Crippen LogP contribution in [-0.2, 0) is 115 Å². The van der Waals surface area contributed by atoms with E-state index in [1.165, 1.54) is 18.2 Å². The molecule has 11 aliphatic rings. The molecule has 8 saturated heterocycles. The van der Waals surface area contributed by atoms with Crippen LogP contribution >= 0.6 is 0 Å². The monoisotopic (exact) mass is 1390 g/mol. The Hall–Kier alpha value is -4.71. The second kappa shape index (κ2) is 29.9. The van der Waals surface area contributed by atoms with Crippen molar-refractivity contribution >= 4 is 41.5 Å². The highest BCUT2D eigenvalue weighted by Crippen LogP contribution is 2.63. The van der Waals surface area contributed by atoms with E-state index in [2.05, 4.69) is 33.0 Å². The lowest BCUT2D eigenvalue weighted by atomic mass is 9.50. The third-order valence-corrected chi connectivity index (χ3v) is 24.9. The molecule has 11 fully saturated rings. The summed E-state index contributed by atoms with van der Waals surface area (Å²) in [6.07, 6.45) is 3.71. The summed E-state index contributed by atoms with van der Waals surface area (Å²) in [5, 5.41) is 3.08. The molecule has 1 aromatic rings. The van der Waals surface area contributed by atoms with E-state index in [1.807, 2.05) is 41.5 Å². The van der Waals surface area contributed by atoms with Crippen molar-refractivity contribution in [1.29, 1.82) is 0 Å². The maximum atomic E-state index is 15.0. The predicted molar refractivity (Wildman–Crippen MR) is 340 cm³/mol. The largest absolute Gasteiger partial charge is 0.463 e. The van der Waals surface area contributed by atoms with Crippen molar-refractivity contribution in [2.75, 3.05) is 59.2 Å². The van der Waals surface area contributed by atoms with Crippen LogP contribution in [0.5, 0.6) is 0 Å². The number of esters is 6. The van der Waals surface area contributed by atoms with Crippen molar-refractivity contribution in [2.45, 2.75) is 256 Å². The van der Waals surface area contributed by atoms with Crippen LogP contribution < -0.4 is 5.32 Å². The van der Waals surface area contributed by atoms with Crippen LogP contribution in [0.3, 0.4) is 0 Å². The highest BCUT2D eigenvalue weighted by Gasteiger charge is 2.69. The zero-order valence-corrected chi connectivity index (χ0v) is 59.3. The Balaban J connectivity index is 0.744. The number of fused-ring (bicyclic) bond motifs is 2. The molecule has 12 rings (SSSR count). The molecule has 3 saturated carbocycles. The van der Waals surface area contributed by atoms with Gasteiger partial charge in [-0.25, -0.2) is 33.7 Å². The number of ether oxygens (including phenoxy) is 12. The first kappa shape index (κ1) is 74.5. The van der Waals surface area contributed by atoms with Crippen molar-refractivity contribution in [1.82, 2.24) is 0 Å². The van der Waals surface area contributed by atoms with Gasteiger partial charge in [0.25, 0.3) is 0 Å². The summed E-state index contributed by atoms with van der Waals surface area (Å²) in [7, 11) is 3.17. The van der Waals surface area contributed by atoms with Crippen LogP contribution in [0, 0.1) is 76.3 Å². The molecule has 1 N–H and O–H groups in total. The third kappa shape index (κ3) is 15.1. The number of halogens is 1. The quantitative estimate of drug-likeness (QED) is 0.0641. The summed E-state index contributed by atoms with van der Waals surface area (Å²) in [5.74, 6) is -8.38. The number of rotatable bonds is 22. The molecule has 0 aromatic heterocycles. The van der Waals surface area contributed by atoms with Crippen molar-refractivity contribution < 1.29 is 119 Å². The highest BCUT2D eigenvalue weighted by molar-refractivity contribution is 5.79. The molecule has 0 radical (unpaired) electrons. The lowest BCUT2D eigenvalue weighted by molar-refractivity contribution is -0.533. The first-order valence-corrected chi connectivity index (χ1v) is 35.9. The average molecular weight is 1390 g/mol. The van der Waals surface area contributed by atoms with E-state index in [-0.39, 0.29) is 72.9 Å². The normalized spacial score (nSPS) is 41.8. The summed E-state index contributed by atoms with van der Waals surface area (Å²) >= 11 is 0. The number of anilines is 1. The minimum absolute atomic E-state index is 0.0853. The molecule has 550 valence electrons. The van der Waals surface area contributed by atoms with Crippen LogP contribution in [-0.4, -0.2) is 154 Å². The van der Waals surface area contributed by atoms with Gasteiger partial charge in [-0.2, -0.15) is 0 Å². The molecule has 3 spiro atoms. The van der Waals surface area contributed by atoms with E-state index in [9.17, 15) is 28.8 Å². The van der Waals surface area contributed by atoms with Gasteiger partial charge in [-0.05, 0) is 132 Å². The minimum atomic E-state index is -1.87. The van der Waals surface area contributed by atoms with E-state index in [4.69, 9.17) is 86.2 Å². The van der Waals surface area contributed by atoms with E-state index in [0.717, 1.165) is 63.9 Å². The summed E-state index contributed by atoms with van der Waals surface area (Å²) in [4.78, 5) is 120. The van der Waals surface area contributed by atoms with Gasteiger partial charge in [0.1, 0.15) is 54.1 Å². The van der Waals surface area contributed by atoms with E-state index in [1.54, 1.807) is 14.2 Å². The number of nitrogens with one attached hydrogen (secondary N) is 1. The first-order valence-electron chi connectivity index (χ1n) is 35.9. The average Bonchev–Trinajstić information content (AvgIpc) is 1.46. The van der Waals surface area contributed by atoms with Crippen molar-refractivity contribution in [3.63, 3.8) is 0 Å². The summed E-state index contributed by atoms with van der Waals surface area (Å²) in [6.45, 7) is 18.5. The maximum absolute atomic E-state index is 15.0. The van der Waals surface area contributed by atoms with Crippen molar-refractivity contribution in [3.8, 4) is 0 Å². The van der Waals surface area contributed by atoms with E-state index >= 15 is 4.39 Å². The summed E-state index contributed by atoms with van der Waals surface area (Å²) in [6, 6.07) is 5.24. The molecular formula is C72H106FNO24. The van der Waals surface area contributed by atoms with Crippen molar-refractivity contribution in [3.05, 3.63) is 30.1 Å². The van der Waals surface area contributed by atoms with Crippen LogP contribution in [0.15, 0.2) is 24.3 Å². The lowest BCUT2D eigenvalue weighted by Crippen LogP contribution is -2.65. The fourth-order valence-corrected chi connectivity index (χ4v) is 18.5. The zero-order chi connectivity index (χ0) is 70.2.